The Morgan fingerprint density at radius 2 is 0.591 bits per heavy atom. The van der Waals surface area contributed by atoms with Gasteiger partial charge in [0, 0.05) is 58.5 Å². The van der Waals surface area contributed by atoms with Gasteiger partial charge in [-0.2, -0.15) is 10.5 Å². The molecule has 0 saturated heterocycles. The van der Waals surface area contributed by atoms with E-state index in [-0.39, 0.29) is 0 Å². The van der Waals surface area contributed by atoms with Crippen molar-refractivity contribution in [2.24, 2.45) is 0 Å². The van der Waals surface area contributed by atoms with E-state index in [9.17, 15) is 10.5 Å². The third kappa shape index (κ3) is 10.2. The average molecular weight is 1430 g/mol. The van der Waals surface area contributed by atoms with Crippen LogP contribution in [0, 0.1) is 22.7 Å². The van der Waals surface area contributed by atoms with E-state index < -0.39 is 10.8 Å². The number of hydrogen-bond acceptors (Lipinski definition) is 8. The highest BCUT2D eigenvalue weighted by atomic mass is 32.2. The lowest BCUT2D eigenvalue weighted by Crippen LogP contribution is -2.32. The quantitative estimate of drug-likeness (QED) is 0.134. The molecule has 8 heteroatoms. The van der Waals surface area contributed by atoms with Crippen LogP contribution in [0.4, 0.5) is 0 Å². The zero-order valence-corrected chi connectivity index (χ0v) is 60.8. The predicted molar refractivity (Wildman–Crippen MR) is 444 cm³/mol. The fourth-order valence-corrected chi connectivity index (χ4v) is 20.2. The van der Waals surface area contributed by atoms with Crippen LogP contribution in [0.3, 0.4) is 0 Å². The summed E-state index contributed by atoms with van der Waals surface area (Å²) in [6.45, 7) is 0. The molecule has 0 radical (unpaired) electrons. The van der Waals surface area contributed by atoms with Gasteiger partial charge in [-0.3, -0.25) is 0 Å². The van der Waals surface area contributed by atoms with Crippen LogP contribution in [-0.2, 0) is 10.8 Å². The highest BCUT2D eigenvalue weighted by Crippen LogP contribution is 2.66. The van der Waals surface area contributed by atoms with Crippen LogP contribution in [-0.4, -0.2) is 19.9 Å². The van der Waals surface area contributed by atoms with Gasteiger partial charge in [0.1, 0.15) is 0 Å². The Balaban J connectivity index is 0.682. The number of hydrogen-bond donors (Lipinski definition) is 0. The summed E-state index contributed by atoms with van der Waals surface area (Å²) in [5.41, 5.74) is 31.6. The SMILES string of the molecule is N#Cc1ccc(-c2cccc3c2-c2cc(-c4cc(-c5ccc(-c6ccccc6)cc5)nc(-c5ccc(-c6cccc7c6Sc6ccccc6C76c7ccc(-c8ccc(-c9cc(-c%10ccccc%10)nc(-c%10ccccc%10)n9)cc8)cc7-c7c(C#N)cccc76)cc5)n4)ccc2C32c3ccccc3Sc3ccccc32)cc1. The lowest BCUT2D eigenvalue weighted by atomic mass is 9.66. The first-order chi connectivity index (χ1) is 54.4. The highest BCUT2D eigenvalue weighted by molar-refractivity contribution is 8.00. The van der Waals surface area contributed by atoms with Crippen molar-refractivity contribution in [1.82, 2.24) is 19.9 Å². The molecule has 17 aromatic rings. The Morgan fingerprint density at radius 3 is 1.16 bits per heavy atom. The van der Waals surface area contributed by atoms with Crippen LogP contribution in [0.25, 0.3) is 135 Å². The topological polar surface area (TPSA) is 99.1 Å². The molecule has 0 fully saturated rings. The minimum absolute atomic E-state index is 0.611. The third-order valence-electron chi connectivity index (χ3n) is 22.6. The zero-order valence-electron chi connectivity index (χ0n) is 59.1. The monoisotopic (exact) mass is 1430 g/mol. The fraction of sp³-hybridized carbons (Fsp3) is 0.0196. The van der Waals surface area contributed by atoms with Crippen molar-refractivity contribution in [3.8, 4) is 147 Å². The maximum absolute atomic E-state index is 11.1. The Labute approximate surface area is 646 Å². The van der Waals surface area contributed by atoms with Gasteiger partial charge in [-0.15, -0.1) is 0 Å². The summed E-state index contributed by atoms with van der Waals surface area (Å²) < 4.78 is 0. The number of fused-ring (bicyclic) bond motifs is 18. The van der Waals surface area contributed by atoms with E-state index in [2.05, 4.69) is 322 Å². The van der Waals surface area contributed by atoms with Crippen molar-refractivity contribution in [1.29, 1.82) is 10.5 Å². The molecule has 4 aliphatic rings. The number of nitrogens with zero attached hydrogens (tertiary/aromatic N) is 6. The van der Waals surface area contributed by atoms with Crippen molar-refractivity contribution in [3.63, 3.8) is 0 Å². The lowest BCUT2D eigenvalue weighted by Gasteiger charge is -2.40. The average Bonchev–Trinajstić information content (AvgIpc) is 1.50. The summed E-state index contributed by atoms with van der Waals surface area (Å²) in [6.07, 6.45) is 0. The Bertz CT molecular complexity index is 6600. The second-order valence-corrected chi connectivity index (χ2v) is 30.5. The Morgan fingerprint density at radius 1 is 0.227 bits per heavy atom. The van der Waals surface area contributed by atoms with Crippen LogP contribution < -0.4 is 0 Å². The van der Waals surface area contributed by atoms with Crippen molar-refractivity contribution >= 4 is 23.5 Å². The molecule has 4 heterocycles. The molecule has 6 nitrogen and oxygen atoms in total. The molecule has 0 amide bonds. The summed E-state index contributed by atoms with van der Waals surface area (Å²) in [5, 5.41) is 21.1. The smallest absolute Gasteiger partial charge is 0.160 e. The van der Waals surface area contributed by atoms with Gasteiger partial charge in [-0.1, -0.05) is 327 Å². The summed E-state index contributed by atoms with van der Waals surface area (Å²) in [7, 11) is 0. The van der Waals surface area contributed by atoms with E-state index in [1.807, 2.05) is 78.1 Å². The molecule has 2 aromatic heterocycles. The molecule has 15 aromatic carbocycles. The maximum atomic E-state index is 11.1. The maximum Gasteiger partial charge on any atom is 0.160 e. The Kier molecular flexibility index (Phi) is 15.2. The summed E-state index contributed by atoms with van der Waals surface area (Å²) in [6, 6.07) is 135. The van der Waals surface area contributed by atoms with Gasteiger partial charge in [0.2, 0.25) is 0 Å². The molecule has 0 N–H and O–H groups in total. The van der Waals surface area contributed by atoms with Crippen molar-refractivity contribution in [2.75, 3.05) is 0 Å². The number of benzene rings is 15. The minimum atomic E-state index is -0.757. The standard InChI is InChI=1S/C102H60N6S2/c103-61-63-37-39-67(40-38-63)77-26-17-32-87-97(77)80-58-75(54-56-82(80)101(87)83-28-10-13-34-93(83)109-94-35-14-11-29-84(94)101)92-60-91(70-47-41-65(42-48-70)64-19-4-1-5-20-64)107-100(108-92)73-51-45-68(46-52-73)78-27-18-33-88-98(78)110-95-36-15-12-30-85(95)102(88)81-55-53-74(57-79(81)96-76(62-104)25-16-31-86(96)102)66-43-49-71(50-44-66)90-59-89(69-21-6-2-7-22-69)105-99(106-90)72-23-8-3-9-24-72/h1-60H. The van der Waals surface area contributed by atoms with Crippen LogP contribution in [0.1, 0.15) is 55.6 Å². The van der Waals surface area contributed by atoms with Crippen molar-refractivity contribution in [3.05, 3.63) is 420 Å². The zero-order chi connectivity index (χ0) is 73.0. The second-order valence-electron chi connectivity index (χ2n) is 28.4. The summed E-state index contributed by atoms with van der Waals surface area (Å²) in [5.74, 6) is 1.28. The molecule has 110 heavy (non-hydrogen) atoms. The molecule has 0 bridgehead atoms. The number of nitriles is 2. The largest absolute Gasteiger partial charge is 0.228 e. The second kappa shape index (κ2) is 26.0. The molecule has 1 unspecified atom stereocenters. The molecule has 0 saturated carbocycles. The van der Waals surface area contributed by atoms with Gasteiger partial charge in [-0.25, -0.2) is 19.9 Å². The van der Waals surface area contributed by atoms with Crippen LogP contribution in [0.2, 0.25) is 0 Å². The number of aromatic nitrogens is 4. The van der Waals surface area contributed by atoms with E-state index in [4.69, 9.17) is 19.9 Å². The molecule has 510 valence electrons. The molecule has 21 rings (SSSR count). The van der Waals surface area contributed by atoms with Gasteiger partial charge in [-0.05, 0) is 166 Å². The number of rotatable bonds is 10. The van der Waals surface area contributed by atoms with Crippen LogP contribution in [0.5, 0.6) is 0 Å². The molecule has 2 aliphatic carbocycles. The van der Waals surface area contributed by atoms with Gasteiger partial charge in [0.15, 0.2) is 11.6 Å². The lowest BCUT2D eigenvalue weighted by molar-refractivity contribution is 0.722. The fourth-order valence-electron chi connectivity index (χ4n) is 17.6. The molecular formula is C102H60N6S2. The predicted octanol–water partition coefficient (Wildman–Crippen LogP) is 25.3. The first kappa shape index (κ1) is 64.5. The van der Waals surface area contributed by atoms with Crippen LogP contribution in [0.15, 0.2) is 384 Å². The van der Waals surface area contributed by atoms with Crippen LogP contribution >= 0.6 is 23.5 Å². The highest BCUT2D eigenvalue weighted by Gasteiger charge is 2.53. The normalized spacial score (nSPS) is 14.0. The molecule has 1 atom stereocenters. The molecular weight excluding hydrogens is 1370 g/mol. The molecule has 2 spiro atoms. The third-order valence-corrected chi connectivity index (χ3v) is 25.0. The van der Waals surface area contributed by atoms with Gasteiger partial charge >= 0.3 is 0 Å². The van der Waals surface area contributed by atoms with E-state index in [0.29, 0.717) is 22.8 Å². The molecule has 2 aliphatic heterocycles. The van der Waals surface area contributed by atoms with E-state index in [1.54, 1.807) is 0 Å². The first-order valence-electron chi connectivity index (χ1n) is 36.9. The van der Waals surface area contributed by atoms with Gasteiger partial charge in [0.05, 0.1) is 56.9 Å². The van der Waals surface area contributed by atoms with E-state index in [1.165, 1.54) is 48.7 Å². The van der Waals surface area contributed by atoms with Crippen molar-refractivity contribution < 1.29 is 0 Å². The van der Waals surface area contributed by atoms with Gasteiger partial charge < -0.3 is 0 Å². The summed E-state index contributed by atoms with van der Waals surface area (Å²) in [4.78, 5) is 26.1. The van der Waals surface area contributed by atoms with E-state index >= 15 is 0 Å². The minimum Gasteiger partial charge on any atom is -0.228 e. The first-order valence-corrected chi connectivity index (χ1v) is 38.5. The van der Waals surface area contributed by atoms with Crippen molar-refractivity contribution in [2.45, 2.75) is 30.4 Å². The van der Waals surface area contributed by atoms with Gasteiger partial charge in [0.25, 0.3) is 0 Å². The Hall–Kier alpha value is -13.9. The van der Waals surface area contributed by atoms with E-state index in [0.717, 1.165) is 138 Å². The summed E-state index contributed by atoms with van der Waals surface area (Å²) >= 11 is 3.65.